The van der Waals surface area contributed by atoms with E-state index in [2.05, 4.69) is 15.6 Å². The maximum Gasteiger partial charge on any atom is 0.314 e. The molecule has 23 heavy (non-hydrogen) atoms. The molecule has 1 aliphatic rings. The first-order valence-corrected chi connectivity index (χ1v) is 7.11. The second-order valence-electron chi connectivity index (χ2n) is 4.88. The van der Waals surface area contributed by atoms with E-state index in [1.807, 2.05) is 18.2 Å². The van der Waals surface area contributed by atoms with E-state index in [9.17, 15) is 9.59 Å². The van der Waals surface area contributed by atoms with Gasteiger partial charge in [0.25, 0.3) is 0 Å². The van der Waals surface area contributed by atoms with Crippen LogP contribution in [0.1, 0.15) is 0 Å². The number of carbonyl (C=O) groups is 2. The molecule has 118 valence electrons. The minimum atomic E-state index is -0.777. The maximum absolute atomic E-state index is 11.8. The first-order chi connectivity index (χ1) is 11.2. The van der Waals surface area contributed by atoms with Gasteiger partial charge >= 0.3 is 11.8 Å². The number of hydrogen-bond donors (Lipinski definition) is 2. The summed E-state index contributed by atoms with van der Waals surface area (Å²) in [5.74, 6) is 0.0803. The van der Waals surface area contributed by atoms with Crippen LogP contribution in [-0.2, 0) is 9.59 Å². The Kier molecular flexibility index (Phi) is 4.37. The molecule has 3 rings (SSSR count). The quantitative estimate of drug-likeness (QED) is 0.824. The summed E-state index contributed by atoms with van der Waals surface area (Å²) >= 11 is 0. The number of rotatable bonds is 3. The zero-order valence-electron chi connectivity index (χ0n) is 12.2. The lowest BCUT2D eigenvalue weighted by molar-refractivity contribution is -0.136. The average Bonchev–Trinajstić information content (AvgIpc) is 2.60. The molecule has 2 aromatic rings. The van der Waals surface area contributed by atoms with Crippen molar-refractivity contribution in [1.29, 1.82) is 0 Å². The van der Waals surface area contributed by atoms with Gasteiger partial charge in [0.2, 0.25) is 0 Å². The fraction of sp³-hybridized carbons (Fsp3) is 0.188. The fourth-order valence-electron chi connectivity index (χ4n) is 2.06. The Bertz CT molecular complexity index is 705. The standard InChI is InChI=1S/C16H15N3O4/c20-15(16(21)19-14-7-3-4-8-17-14)18-9-11-10-22-12-5-1-2-6-13(12)23-11/h1-8,11H,9-10H2,(H,18,20)(H,17,19,21). The number of nitrogens with one attached hydrogen (secondary N) is 2. The second-order valence-corrected chi connectivity index (χ2v) is 4.88. The topological polar surface area (TPSA) is 89.5 Å². The van der Waals surface area contributed by atoms with E-state index in [1.165, 1.54) is 6.20 Å². The molecule has 0 radical (unpaired) electrons. The highest BCUT2D eigenvalue weighted by Crippen LogP contribution is 2.30. The molecule has 2 amide bonds. The number of ether oxygens (including phenoxy) is 2. The number of amides is 2. The SMILES string of the molecule is O=C(NCC1COc2ccccc2O1)C(=O)Nc1ccccn1. The highest BCUT2D eigenvalue weighted by molar-refractivity contribution is 6.39. The number of anilines is 1. The molecule has 0 bridgehead atoms. The van der Waals surface area contributed by atoms with Crippen molar-refractivity contribution < 1.29 is 19.1 Å². The van der Waals surface area contributed by atoms with E-state index < -0.39 is 11.8 Å². The Morgan fingerprint density at radius 2 is 1.87 bits per heavy atom. The minimum absolute atomic E-state index is 0.169. The lowest BCUT2D eigenvalue weighted by Crippen LogP contribution is -2.44. The molecule has 2 heterocycles. The normalized spacial score (nSPS) is 15.6. The van der Waals surface area contributed by atoms with E-state index in [0.29, 0.717) is 23.9 Å². The van der Waals surface area contributed by atoms with Crippen molar-refractivity contribution in [3.05, 3.63) is 48.7 Å². The number of fused-ring (bicyclic) bond motifs is 1. The van der Waals surface area contributed by atoms with Crippen molar-refractivity contribution >= 4 is 17.6 Å². The third-order valence-electron chi connectivity index (χ3n) is 3.17. The molecule has 7 heteroatoms. The van der Waals surface area contributed by atoms with Crippen LogP contribution in [0.5, 0.6) is 11.5 Å². The van der Waals surface area contributed by atoms with Crippen LogP contribution in [0.3, 0.4) is 0 Å². The number of para-hydroxylation sites is 2. The van der Waals surface area contributed by atoms with E-state index in [-0.39, 0.29) is 12.6 Å². The first kappa shape index (κ1) is 14.8. The predicted octanol–water partition coefficient (Wildman–Crippen LogP) is 0.976. The van der Waals surface area contributed by atoms with Crippen LogP contribution >= 0.6 is 0 Å². The summed E-state index contributed by atoms with van der Waals surface area (Å²) in [6.45, 7) is 0.474. The zero-order chi connectivity index (χ0) is 16.1. The number of benzene rings is 1. The number of aromatic nitrogens is 1. The smallest absolute Gasteiger partial charge is 0.314 e. The van der Waals surface area contributed by atoms with Crippen LogP contribution in [0.25, 0.3) is 0 Å². The summed E-state index contributed by atoms with van der Waals surface area (Å²) in [5, 5.41) is 4.93. The van der Waals surface area contributed by atoms with E-state index in [0.717, 1.165) is 0 Å². The highest BCUT2D eigenvalue weighted by atomic mass is 16.6. The summed E-state index contributed by atoms with van der Waals surface area (Å²) in [7, 11) is 0. The molecule has 2 N–H and O–H groups in total. The predicted molar refractivity (Wildman–Crippen MR) is 82.2 cm³/mol. The second kappa shape index (κ2) is 6.78. The van der Waals surface area contributed by atoms with Crippen molar-refractivity contribution in [3.63, 3.8) is 0 Å². The Morgan fingerprint density at radius 3 is 2.65 bits per heavy atom. The van der Waals surface area contributed by atoms with Gasteiger partial charge in [0.15, 0.2) is 11.5 Å². The Morgan fingerprint density at radius 1 is 1.09 bits per heavy atom. The van der Waals surface area contributed by atoms with E-state index in [1.54, 1.807) is 24.3 Å². The van der Waals surface area contributed by atoms with Gasteiger partial charge in [-0.1, -0.05) is 18.2 Å². The van der Waals surface area contributed by atoms with Crippen LogP contribution in [0.2, 0.25) is 0 Å². The molecule has 0 saturated carbocycles. The zero-order valence-corrected chi connectivity index (χ0v) is 12.2. The molecule has 0 aliphatic carbocycles. The lowest BCUT2D eigenvalue weighted by atomic mass is 10.2. The van der Waals surface area contributed by atoms with Gasteiger partial charge in [-0.3, -0.25) is 9.59 Å². The van der Waals surface area contributed by atoms with Crippen LogP contribution in [0.4, 0.5) is 5.82 Å². The average molecular weight is 313 g/mol. The van der Waals surface area contributed by atoms with Gasteiger partial charge in [0, 0.05) is 6.20 Å². The van der Waals surface area contributed by atoms with Gasteiger partial charge in [-0.15, -0.1) is 0 Å². The minimum Gasteiger partial charge on any atom is -0.486 e. The molecule has 1 aromatic carbocycles. The molecule has 1 aromatic heterocycles. The van der Waals surface area contributed by atoms with Crippen LogP contribution < -0.4 is 20.1 Å². The summed E-state index contributed by atoms with van der Waals surface area (Å²) in [4.78, 5) is 27.5. The largest absolute Gasteiger partial charge is 0.486 e. The number of carbonyl (C=O) groups excluding carboxylic acids is 2. The van der Waals surface area contributed by atoms with Crippen molar-refractivity contribution in [2.24, 2.45) is 0 Å². The third kappa shape index (κ3) is 3.76. The van der Waals surface area contributed by atoms with Crippen molar-refractivity contribution in [2.45, 2.75) is 6.10 Å². The van der Waals surface area contributed by atoms with Gasteiger partial charge < -0.3 is 20.1 Å². The molecule has 0 saturated heterocycles. The van der Waals surface area contributed by atoms with Gasteiger partial charge in [0.1, 0.15) is 18.5 Å². The Balaban J connectivity index is 1.49. The van der Waals surface area contributed by atoms with Crippen molar-refractivity contribution in [1.82, 2.24) is 10.3 Å². The first-order valence-electron chi connectivity index (χ1n) is 7.11. The summed E-state index contributed by atoms with van der Waals surface area (Å²) in [6.07, 6.45) is 1.18. The van der Waals surface area contributed by atoms with Gasteiger partial charge in [-0.2, -0.15) is 0 Å². The maximum atomic E-state index is 11.8. The molecule has 0 spiro atoms. The van der Waals surface area contributed by atoms with Gasteiger partial charge in [-0.25, -0.2) is 4.98 Å². The van der Waals surface area contributed by atoms with E-state index >= 15 is 0 Å². The van der Waals surface area contributed by atoms with Crippen LogP contribution in [0, 0.1) is 0 Å². The molecule has 0 fully saturated rings. The highest BCUT2D eigenvalue weighted by Gasteiger charge is 2.22. The van der Waals surface area contributed by atoms with Crippen molar-refractivity contribution in [3.8, 4) is 11.5 Å². The molecule has 7 nitrogen and oxygen atoms in total. The molecule has 1 atom stereocenters. The van der Waals surface area contributed by atoms with Crippen molar-refractivity contribution in [2.75, 3.05) is 18.5 Å². The molecule has 1 unspecified atom stereocenters. The fourth-order valence-corrected chi connectivity index (χ4v) is 2.06. The van der Waals surface area contributed by atoms with Crippen LogP contribution in [-0.4, -0.2) is 36.1 Å². The number of nitrogens with zero attached hydrogens (tertiary/aromatic N) is 1. The Labute approximate surface area is 132 Å². The molecular weight excluding hydrogens is 298 g/mol. The number of hydrogen-bond acceptors (Lipinski definition) is 5. The van der Waals surface area contributed by atoms with Gasteiger partial charge in [-0.05, 0) is 24.3 Å². The monoisotopic (exact) mass is 313 g/mol. The van der Waals surface area contributed by atoms with Crippen LogP contribution in [0.15, 0.2) is 48.7 Å². The summed E-state index contributed by atoms with van der Waals surface area (Å²) < 4.78 is 11.2. The summed E-state index contributed by atoms with van der Waals surface area (Å²) in [5.41, 5.74) is 0. The third-order valence-corrected chi connectivity index (χ3v) is 3.17. The number of pyridine rings is 1. The van der Waals surface area contributed by atoms with E-state index in [4.69, 9.17) is 9.47 Å². The lowest BCUT2D eigenvalue weighted by Gasteiger charge is -2.26. The molecule has 1 aliphatic heterocycles. The molecular formula is C16H15N3O4. The Hall–Kier alpha value is -3.09. The van der Waals surface area contributed by atoms with Gasteiger partial charge in [0.05, 0.1) is 6.54 Å². The summed E-state index contributed by atoms with van der Waals surface area (Å²) in [6, 6.07) is 12.3.